The first-order valence-electron chi connectivity index (χ1n) is 6.62. The molecular formula is C15H16BrNO3. The summed E-state index contributed by atoms with van der Waals surface area (Å²) < 4.78 is 6.60. The van der Waals surface area contributed by atoms with E-state index in [-0.39, 0.29) is 17.9 Å². The minimum absolute atomic E-state index is 0.0986. The molecule has 0 aliphatic heterocycles. The molecule has 1 aromatic heterocycles. The number of carbonyl (C=O) groups is 1. The van der Waals surface area contributed by atoms with Gasteiger partial charge in [-0.2, -0.15) is 0 Å². The highest BCUT2D eigenvalue weighted by molar-refractivity contribution is 9.10. The third-order valence-electron chi connectivity index (χ3n) is 4.02. The van der Waals surface area contributed by atoms with Crippen molar-refractivity contribution in [2.75, 3.05) is 13.2 Å². The Morgan fingerprint density at radius 2 is 2.25 bits per heavy atom. The van der Waals surface area contributed by atoms with E-state index in [2.05, 4.69) is 21.2 Å². The number of rotatable bonds is 4. The number of nitrogens with one attached hydrogen (secondary N) is 1. The summed E-state index contributed by atoms with van der Waals surface area (Å²) in [6, 6.07) is 5.68. The topological polar surface area (TPSA) is 62.5 Å². The van der Waals surface area contributed by atoms with Gasteiger partial charge >= 0.3 is 0 Å². The molecule has 0 bridgehead atoms. The molecule has 1 aliphatic carbocycles. The van der Waals surface area contributed by atoms with Crippen LogP contribution in [0.25, 0.3) is 11.0 Å². The molecule has 0 radical (unpaired) electrons. The van der Waals surface area contributed by atoms with E-state index in [9.17, 15) is 9.90 Å². The lowest BCUT2D eigenvalue weighted by atomic mass is 10.1. The molecule has 2 N–H and O–H groups in total. The zero-order valence-electron chi connectivity index (χ0n) is 11.2. The molecule has 1 saturated carbocycles. The maximum atomic E-state index is 12.2. The van der Waals surface area contributed by atoms with Gasteiger partial charge in [0.05, 0.1) is 6.61 Å². The van der Waals surface area contributed by atoms with Crippen molar-refractivity contribution in [1.29, 1.82) is 0 Å². The van der Waals surface area contributed by atoms with Gasteiger partial charge in [-0.1, -0.05) is 15.9 Å². The average molecular weight is 338 g/mol. The molecule has 20 heavy (non-hydrogen) atoms. The highest BCUT2D eigenvalue weighted by Gasteiger charge is 2.42. The number of hydrogen-bond acceptors (Lipinski definition) is 3. The second kappa shape index (κ2) is 4.90. The Labute approximate surface area is 125 Å². The monoisotopic (exact) mass is 337 g/mol. The third kappa shape index (κ3) is 2.36. The molecule has 106 valence electrons. The van der Waals surface area contributed by atoms with E-state index >= 15 is 0 Å². The van der Waals surface area contributed by atoms with Crippen molar-refractivity contribution in [3.63, 3.8) is 0 Å². The molecule has 2 aromatic rings. The first-order valence-corrected chi connectivity index (χ1v) is 7.42. The zero-order valence-corrected chi connectivity index (χ0v) is 12.8. The summed E-state index contributed by atoms with van der Waals surface area (Å²) in [7, 11) is 0. The first kappa shape index (κ1) is 13.6. The summed E-state index contributed by atoms with van der Waals surface area (Å²) in [6.07, 6.45) is 1.94. The van der Waals surface area contributed by atoms with Crippen LogP contribution in [-0.4, -0.2) is 24.2 Å². The largest absolute Gasteiger partial charge is 0.451 e. The van der Waals surface area contributed by atoms with Gasteiger partial charge in [-0.3, -0.25) is 4.79 Å². The maximum Gasteiger partial charge on any atom is 0.287 e. The Morgan fingerprint density at radius 3 is 2.90 bits per heavy atom. The van der Waals surface area contributed by atoms with Crippen LogP contribution in [0.15, 0.2) is 27.1 Å². The van der Waals surface area contributed by atoms with Gasteiger partial charge in [-0.25, -0.2) is 0 Å². The summed E-state index contributed by atoms with van der Waals surface area (Å²) in [5, 5.41) is 13.1. The molecule has 1 fully saturated rings. The lowest BCUT2D eigenvalue weighted by molar-refractivity contribution is 0.0909. The van der Waals surface area contributed by atoms with Crippen molar-refractivity contribution in [3.05, 3.63) is 34.0 Å². The number of fused-ring (bicyclic) bond motifs is 1. The van der Waals surface area contributed by atoms with E-state index in [1.165, 1.54) is 0 Å². The number of aliphatic hydroxyl groups is 1. The Balaban J connectivity index is 1.82. The molecule has 1 aromatic carbocycles. The Kier molecular flexibility index (Phi) is 3.34. The number of amides is 1. The lowest BCUT2D eigenvalue weighted by Gasteiger charge is -2.11. The van der Waals surface area contributed by atoms with Gasteiger partial charge in [0.2, 0.25) is 0 Å². The van der Waals surface area contributed by atoms with Crippen molar-refractivity contribution in [2.24, 2.45) is 5.41 Å². The number of aryl methyl sites for hydroxylation is 1. The van der Waals surface area contributed by atoms with Gasteiger partial charge in [0.25, 0.3) is 5.91 Å². The van der Waals surface area contributed by atoms with Crippen molar-refractivity contribution >= 4 is 32.8 Å². The van der Waals surface area contributed by atoms with E-state index in [4.69, 9.17) is 4.42 Å². The number of benzene rings is 1. The molecule has 0 unspecified atom stereocenters. The summed E-state index contributed by atoms with van der Waals surface area (Å²) in [6.45, 7) is 2.51. The third-order valence-corrected chi connectivity index (χ3v) is 4.51. The van der Waals surface area contributed by atoms with Gasteiger partial charge in [-0.05, 0) is 38.0 Å². The van der Waals surface area contributed by atoms with Gasteiger partial charge in [0, 0.05) is 27.4 Å². The van der Waals surface area contributed by atoms with Crippen LogP contribution in [-0.2, 0) is 0 Å². The second-order valence-corrected chi connectivity index (χ2v) is 6.45. The lowest BCUT2D eigenvalue weighted by Crippen LogP contribution is -2.31. The fourth-order valence-electron chi connectivity index (χ4n) is 2.33. The number of carbonyl (C=O) groups excluding carboxylic acids is 1. The van der Waals surface area contributed by atoms with Crippen LogP contribution in [0.3, 0.4) is 0 Å². The summed E-state index contributed by atoms with van der Waals surface area (Å²) in [5.74, 6) is 0.140. The first-order chi connectivity index (χ1) is 9.54. The van der Waals surface area contributed by atoms with E-state index in [0.717, 1.165) is 28.3 Å². The molecule has 1 aliphatic rings. The van der Waals surface area contributed by atoms with Crippen LogP contribution < -0.4 is 5.32 Å². The maximum absolute atomic E-state index is 12.2. The molecule has 0 spiro atoms. The van der Waals surface area contributed by atoms with E-state index in [1.54, 1.807) is 0 Å². The van der Waals surface area contributed by atoms with Crippen LogP contribution in [0.5, 0.6) is 0 Å². The SMILES string of the molecule is Cc1c(C(=O)NCC2(CO)CC2)oc2ccc(Br)cc12. The highest BCUT2D eigenvalue weighted by Crippen LogP contribution is 2.44. The van der Waals surface area contributed by atoms with Crippen LogP contribution >= 0.6 is 15.9 Å². The van der Waals surface area contributed by atoms with Gasteiger partial charge < -0.3 is 14.8 Å². The molecule has 4 nitrogen and oxygen atoms in total. The number of halogens is 1. The van der Waals surface area contributed by atoms with Crippen LogP contribution in [0.2, 0.25) is 0 Å². The Hall–Kier alpha value is -1.33. The molecule has 1 amide bonds. The quantitative estimate of drug-likeness (QED) is 0.901. The average Bonchev–Trinajstić information content (AvgIpc) is 3.16. The predicted octanol–water partition coefficient (Wildman–Crippen LogP) is 3.01. The van der Waals surface area contributed by atoms with Crippen LogP contribution in [0.4, 0.5) is 0 Å². The smallest absolute Gasteiger partial charge is 0.287 e. The Bertz CT molecular complexity index is 673. The summed E-state index contributed by atoms with van der Waals surface area (Å²) >= 11 is 3.42. The summed E-state index contributed by atoms with van der Waals surface area (Å²) in [5.41, 5.74) is 1.45. The highest BCUT2D eigenvalue weighted by atomic mass is 79.9. The minimum Gasteiger partial charge on any atom is -0.451 e. The van der Waals surface area contributed by atoms with Gasteiger partial charge in [-0.15, -0.1) is 0 Å². The second-order valence-electron chi connectivity index (χ2n) is 5.54. The van der Waals surface area contributed by atoms with E-state index in [1.807, 2.05) is 25.1 Å². The minimum atomic E-state index is -0.213. The van der Waals surface area contributed by atoms with Crippen molar-refractivity contribution in [2.45, 2.75) is 19.8 Å². The van der Waals surface area contributed by atoms with E-state index in [0.29, 0.717) is 17.9 Å². The van der Waals surface area contributed by atoms with Gasteiger partial charge in [0.15, 0.2) is 5.76 Å². The van der Waals surface area contributed by atoms with Crippen LogP contribution in [0, 0.1) is 12.3 Å². The Morgan fingerprint density at radius 1 is 1.50 bits per heavy atom. The number of aliphatic hydroxyl groups excluding tert-OH is 1. The summed E-state index contributed by atoms with van der Waals surface area (Å²) in [4.78, 5) is 12.2. The van der Waals surface area contributed by atoms with Crippen molar-refractivity contribution in [1.82, 2.24) is 5.32 Å². The van der Waals surface area contributed by atoms with Crippen LogP contribution in [0.1, 0.15) is 29.0 Å². The normalized spacial score (nSPS) is 16.4. The number of furan rings is 1. The molecule has 3 rings (SSSR count). The van der Waals surface area contributed by atoms with E-state index < -0.39 is 0 Å². The predicted molar refractivity (Wildman–Crippen MR) is 79.7 cm³/mol. The fraction of sp³-hybridized carbons (Fsp3) is 0.400. The fourth-order valence-corrected chi connectivity index (χ4v) is 2.69. The molecule has 1 heterocycles. The standard InChI is InChI=1S/C15H16BrNO3/c1-9-11-6-10(16)2-3-12(11)20-13(9)14(19)17-7-15(8-18)4-5-15/h2-3,6,18H,4-5,7-8H2,1H3,(H,17,19). The van der Waals surface area contributed by atoms with Gasteiger partial charge in [0.1, 0.15) is 5.58 Å². The number of hydrogen-bond donors (Lipinski definition) is 2. The molecule has 0 saturated heterocycles. The zero-order chi connectivity index (χ0) is 14.3. The molecular weight excluding hydrogens is 322 g/mol. The van der Waals surface area contributed by atoms with Crippen molar-refractivity contribution in [3.8, 4) is 0 Å². The molecule has 5 heteroatoms. The van der Waals surface area contributed by atoms with Crippen molar-refractivity contribution < 1.29 is 14.3 Å². The molecule has 0 atom stereocenters.